The highest BCUT2D eigenvalue weighted by Crippen LogP contribution is 2.26. The van der Waals surface area contributed by atoms with Crippen LogP contribution in [0.4, 0.5) is 8.78 Å². The van der Waals surface area contributed by atoms with E-state index in [0.29, 0.717) is 6.54 Å². The lowest BCUT2D eigenvalue weighted by molar-refractivity contribution is 0.532. The van der Waals surface area contributed by atoms with Gasteiger partial charge in [-0.1, -0.05) is 6.07 Å². The van der Waals surface area contributed by atoms with E-state index < -0.39 is 11.6 Å². The lowest BCUT2D eigenvalue weighted by Gasteiger charge is -2.10. The van der Waals surface area contributed by atoms with Crippen LogP contribution in [0.3, 0.4) is 0 Å². The Balaban J connectivity index is 2.37. The van der Waals surface area contributed by atoms with Gasteiger partial charge < -0.3 is 5.32 Å². The highest BCUT2D eigenvalue weighted by molar-refractivity contribution is 5.25. The number of hydrogen-bond acceptors (Lipinski definition) is 1. The van der Waals surface area contributed by atoms with Crippen molar-refractivity contribution in [3.63, 3.8) is 0 Å². The number of benzene rings is 1. The number of nitrogens with one attached hydrogen (secondary N) is 1. The molecule has 0 bridgehead atoms. The fourth-order valence-corrected chi connectivity index (χ4v) is 1.80. The zero-order chi connectivity index (χ0) is 9.26. The average Bonchev–Trinajstić information content (AvgIpc) is 2.57. The summed E-state index contributed by atoms with van der Waals surface area (Å²) in [7, 11) is 0. The minimum Gasteiger partial charge on any atom is -0.316 e. The maximum Gasteiger partial charge on any atom is 0.129 e. The Bertz CT molecular complexity index is 286. The van der Waals surface area contributed by atoms with Gasteiger partial charge in [0.25, 0.3) is 0 Å². The quantitative estimate of drug-likeness (QED) is 0.702. The SMILES string of the molecule is Fc1cccc(F)c1[C@@H]1CCNC1. The van der Waals surface area contributed by atoms with Gasteiger partial charge in [0, 0.05) is 18.0 Å². The Morgan fingerprint density at radius 3 is 2.46 bits per heavy atom. The lowest BCUT2D eigenvalue weighted by Crippen LogP contribution is -2.10. The standard InChI is InChI=1S/C10H11F2N/c11-8-2-1-3-9(12)10(8)7-4-5-13-6-7/h1-3,7,13H,4-6H2/t7-/m1/s1. The van der Waals surface area contributed by atoms with E-state index in [1.165, 1.54) is 18.2 Å². The molecular weight excluding hydrogens is 172 g/mol. The topological polar surface area (TPSA) is 12.0 Å². The van der Waals surface area contributed by atoms with Crippen molar-refractivity contribution >= 4 is 0 Å². The van der Waals surface area contributed by atoms with Gasteiger partial charge in [-0.05, 0) is 25.1 Å². The van der Waals surface area contributed by atoms with Crippen LogP contribution < -0.4 is 5.32 Å². The summed E-state index contributed by atoms with van der Waals surface area (Å²) in [6, 6.07) is 4.03. The summed E-state index contributed by atoms with van der Waals surface area (Å²) in [4.78, 5) is 0. The van der Waals surface area contributed by atoms with Crippen LogP contribution in [0.5, 0.6) is 0 Å². The zero-order valence-corrected chi connectivity index (χ0v) is 7.19. The van der Waals surface area contributed by atoms with Gasteiger partial charge in [-0.2, -0.15) is 0 Å². The third kappa shape index (κ3) is 1.56. The van der Waals surface area contributed by atoms with Crippen molar-refractivity contribution in [3.05, 3.63) is 35.4 Å². The van der Waals surface area contributed by atoms with Crippen LogP contribution in [0.2, 0.25) is 0 Å². The Morgan fingerprint density at radius 2 is 1.92 bits per heavy atom. The molecule has 1 aliphatic heterocycles. The fourth-order valence-electron chi connectivity index (χ4n) is 1.80. The molecule has 13 heavy (non-hydrogen) atoms. The Morgan fingerprint density at radius 1 is 1.23 bits per heavy atom. The molecule has 0 unspecified atom stereocenters. The minimum atomic E-state index is -0.422. The number of hydrogen-bond donors (Lipinski definition) is 1. The van der Waals surface area contributed by atoms with Crippen molar-refractivity contribution < 1.29 is 8.78 Å². The molecule has 70 valence electrons. The first-order valence-electron chi connectivity index (χ1n) is 4.43. The van der Waals surface area contributed by atoms with Gasteiger partial charge in [-0.3, -0.25) is 0 Å². The second-order valence-corrected chi connectivity index (χ2v) is 3.33. The summed E-state index contributed by atoms with van der Waals surface area (Å²) in [6.07, 6.45) is 0.817. The van der Waals surface area contributed by atoms with E-state index in [2.05, 4.69) is 5.32 Å². The molecule has 1 N–H and O–H groups in total. The van der Waals surface area contributed by atoms with Crippen LogP contribution in [-0.4, -0.2) is 13.1 Å². The van der Waals surface area contributed by atoms with Crippen LogP contribution >= 0.6 is 0 Å². The maximum absolute atomic E-state index is 13.2. The van der Waals surface area contributed by atoms with Crippen LogP contribution in [0.15, 0.2) is 18.2 Å². The van der Waals surface area contributed by atoms with E-state index in [0.717, 1.165) is 13.0 Å². The van der Waals surface area contributed by atoms with Crippen LogP contribution in [0.1, 0.15) is 17.9 Å². The summed E-state index contributed by atoms with van der Waals surface area (Å²) in [5.74, 6) is -0.844. The molecule has 1 nitrogen and oxygen atoms in total. The number of halogens is 2. The zero-order valence-electron chi connectivity index (χ0n) is 7.19. The van der Waals surface area contributed by atoms with E-state index in [9.17, 15) is 8.78 Å². The van der Waals surface area contributed by atoms with Crippen LogP contribution in [-0.2, 0) is 0 Å². The summed E-state index contributed by atoms with van der Waals surface area (Å²) in [5, 5.41) is 3.09. The fraction of sp³-hybridized carbons (Fsp3) is 0.400. The van der Waals surface area contributed by atoms with Crippen molar-refractivity contribution in [3.8, 4) is 0 Å². The molecule has 0 aromatic heterocycles. The van der Waals surface area contributed by atoms with Gasteiger partial charge in [0.15, 0.2) is 0 Å². The normalized spacial score (nSPS) is 22.2. The van der Waals surface area contributed by atoms with Crippen LogP contribution in [0, 0.1) is 11.6 Å². The molecule has 1 aliphatic rings. The Kier molecular flexibility index (Phi) is 2.27. The highest BCUT2D eigenvalue weighted by Gasteiger charge is 2.22. The van der Waals surface area contributed by atoms with E-state index in [1.54, 1.807) is 0 Å². The Labute approximate surface area is 75.8 Å². The molecule has 1 aromatic rings. The van der Waals surface area contributed by atoms with Crippen molar-refractivity contribution in [1.29, 1.82) is 0 Å². The van der Waals surface area contributed by atoms with Gasteiger partial charge in [0.05, 0.1) is 0 Å². The van der Waals surface area contributed by atoms with Gasteiger partial charge in [-0.15, -0.1) is 0 Å². The second kappa shape index (κ2) is 3.42. The summed E-state index contributed by atoms with van der Waals surface area (Å²) >= 11 is 0. The molecule has 1 aromatic carbocycles. The first-order valence-corrected chi connectivity index (χ1v) is 4.43. The third-order valence-electron chi connectivity index (χ3n) is 2.47. The van der Waals surface area contributed by atoms with Crippen molar-refractivity contribution in [1.82, 2.24) is 5.32 Å². The van der Waals surface area contributed by atoms with Crippen molar-refractivity contribution in [2.24, 2.45) is 0 Å². The van der Waals surface area contributed by atoms with E-state index in [4.69, 9.17) is 0 Å². The lowest BCUT2D eigenvalue weighted by atomic mass is 9.97. The molecule has 1 saturated heterocycles. The summed E-state index contributed by atoms with van der Waals surface area (Å²) in [5.41, 5.74) is 0.243. The predicted molar refractivity (Wildman–Crippen MR) is 46.6 cm³/mol. The van der Waals surface area contributed by atoms with Crippen LogP contribution in [0.25, 0.3) is 0 Å². The Hall–Kier alpha value is -0.960. The van der Waals surface area contributed by atoms with E-state index in [-0.39, 0.29) is 11.5 Å². The predicted octanol–water partition coefficient (Wildman–Crippen LogP) is 2.04. The van der Waals surface area contributed by atoms with Crippen molar-refractivity contribution in [2.75, 3.05) is 13.1 Å². The van der Waals surface area contributed by atoms with Gasteiger partial charge in [0.1, 0.15) is 11.6 Å². The second-order valence-electron chi connectivity index (χ2n) is 3.33. The molecule has 0 saturated carbocycles. The van der Waals surface area contributed by atoms with E-state index >= 15 is 0 Å². The first kappa shape index (κ1) is 8.63. The molecule has 0 spiro atoms. The van der Waals surface area contributed by atoms with E-state index in [1.807, 2.05) is 0 Å². The molecule has 2 rings (SSSR count). The molecule has 0 amide bonds. The third-order valence-corrected chi connectivity index (χ3v) is 2.47. The van der Waals surface area contributed by atoms with Gasteiger partial charge in [0.2, 0.25) is 0 Å². The molecule has 1 heterocycles. The molecular formula is C10H11F2N. The number of rotatable bonds is 1. The minimum absolute atomic E-state index is 0.00111. The van der Waals surface area contributed by atoms with Crippen molar-refractivity contribution in [2.45, 2.75) is 12.3 Å². The maximum atomic E-state index is 13.2. The largest absolute Gasteiger partial charge is 0.316 e. The summed E-state index contributed by atoms with van der Waals surface area (Å²) in [6.45, 7) is 1.52. The molecule has 0 aliphatic carbocycles. The average molecular weight is 183 g/mol. The monoisotopic (exact) mass is 183 g/mol. The highest BCUT2D eigenvalue weighted by atomic mass is 19.1. The smallest absolute Gasteiger partial charge is 0.129 e. The molecule has 1 atom stereocenters. The first-order chi connectivity index (χ1) is 6.29. The summed E-state index contributed by atoms with van der Waals surface area (Å²) < 4.78 is 26.5. The van der Waals surface area contributed by atoms with Gasteiger partial charge in [-0.25, -0.2) is 8.78 Å². The molecule has 0 radical (unpaired) electrons. The van der Waals surface area contributed by atoms with Gasteiger partial charge >= 0.3 is 0 Å². The molecule has 1 fully saturated rings. The molecule has 3 heteroatoms.